The van der Waals surface area contributed by atoms with Crippen LogP contribution in [0.2, 0.25) is 37.3 Å². The molecular formula is C66H78O4Si2. The molecule has 1 N–H and O–H groups in total. The SMILES string of the molecule is C[C@@H](CCCOC(c1ccccc1)(c1ccccc1)c1ccccc1)C1=C(COC(c2ccccc2)(c2ccccc2)c2ccccc2)C[C@@H](O[Si](C)(C)C(C)(C)C)[C@@H](CC[Si](C)(C)c2ccccc2)[C@H]1O. The Morgan fingerprint density at radius 2 is 0.889 bits per heavy atom. The lowest BCUT2D eigenvalue weighted by Gasteiger charge is -2.47. The fourth-order valence-corrected chi connectivity index (χ4v) is 14.8. The third kappa shape index (κ3) is 11.5. The predicted octanol–water partition coefficient (Wildman–Crippen LogP) is 15.5. The highest BCUT2D eigenvalue weighted by atomic mass is 28.4. The van der Waals surface area contributed by atoms with Gasteiger partial charge in [-0.25, -0.2) is 0 Å². The Morgan fingerprint density at radius 1 is 0.528 bits per heavy atom. The highest BCUT2D eigenvalue weighted by Gasteiger charge is 2.47. The van der Waals surface area contributed by atoms with Crippen LogP contribution >= 0.6 is 0 Å². The maximum atomic E-state index is 13.4. The summed E-state index contributed by atoms with van der Waals surface area (Å²) in [5, 5.41) is 14.9. The first kappa shape index (κ1) is 52.9. The van der Waals surface area contributed by atoms with Crippen LogP contribution in [0.3, 0.4) is 0 Å². The highest BCUT2D eigenvalue weighted by Crippen LogP contribution is 2.48. The standard InChI is InChI=1S/C66H78O4Si2/c1-51(31-30-47-68-65(53-32-16-9-17-33-53,54-34-18-10-19-35-54)55-36-20-11-21-37-55)62-52(50-69-66(56-38-22-12-23-39-56,57-40-24-13-25-41-57)58-42-26-14-27-43-58)49-61(70-72(7,8)64(2,3)4)60(63(62)67)46-48-71(5,6)59-44-28-15-29-45-59/h9-29,32-45,51,60-61,63,67H,30-31,46-50H2,1-8H3/t51-,60+,61+,63+/m0/s1. The van der Waals surface area contributed by atoms with Crippen LogP contribution in [0.15, 0.2) is 223 Å². The van der Waals surface area contributed by atoms with Gasteiger partial charge in [-0.15, -0.1) is 0 Å². The van der Waals surface area contributed by atoms with Gasteiger partial charge in [-0.1, -0.05) is 264 Å². The second-order valence-corrected chi connectivity index (χ2v) is 31.9. The van der Waals surface area contributed by atoms with Crippen LogP contribution in [0.5, 0.6) is 0 Å². The van der Waals surface area contributed by atoms with E-state index >= 15 is 0 Å². The molecule has 374 valence electrons. The molecule has 4 atom stereocenters. The zero-order valence-electron chi connectivity index (χ0n) is 44.1. The van der Waals surface area contributed by atoms with Crippen LogP contribution in [-0.2, 0) is 25.1 Å². The molecule has 0 heterocycles. The van der Waals surface area contributed by atoms with E-state index in [1.54, 1.807) is 0 Å². The first-order valence-electron chi connectivity index (χ1n) is 26.4. The quantitative estimate of drug-likeness (QED) is 0.0337. The number of benzene rings is 7. The lowest BCUT2D eigenvalue weighted by molar-refractivity contribution is -0.00525. The molecule has 0 amide bonds. The van der Waals surface area contributed by atoms with Crippen molar-refractivity contribution in [2.45, 2.75) is 114 Å². The first-order chi connectivity index (χ1) is 34.7. The molecule has 0 saturated heterocycles. The fourth-order valence-electron chi connectivity index (χ4n) is 11.0. The molecule has 0 aromatic heterocycles. The van der Waals surface area contributed by atoms with Gasteiger partial charge in [0.15, 0.2) is 8.32 Å². The van der Waals surface area contributed by atoms with E-state index in [-0.39, 0.29) is 23.0 Å². The summed E-state index contributed by atoms with van der Waals surface area (Å²) in [6, 6.07) is 76.0. The first-order valence-corrected chi connectivity index (χ1v) is 32.5. The van der Waals surface area contributed by atoms with Gasteiger partial charge in [0.1, 0.15) is 11.2 Å². The van der Waals surface area contributed by atoms with Gasteiger partial charge in [-0.05, 0) is 94.3 Å². The van der Waals surface area contributed by atoms with E-state index < -0.39 is 33.7 Å². The minimum Gasteiger partial charge on any atom is -0.413 e. The van der Waals surface area contributed by atoms with Crippen molar-refractivity contribution < 1.29 is 19.0 Å². The third-order valence-corrected chi connectivity index (χ3v) is 24.1. The van der Waals surface area contributed by atoms with Gasteiger partial charge >= 0.3 is 0 Å². The number of ether oxygens (including phenoxy) is 2. The average molecular weight is 992 g/mol. The summed E-state index contributed by atoms with van der Waals surface area (Å²) < 4.78 is 22.6. The molecule has 0 saturated carbocycles. The molecule has 1 aliphatic carbocycles. The van der Waals surface area contributed by atoms with E-state index in [1.165, 1.54) is 5.19 Å². The molecule has 72 heavy (non-hydrogen) atoms. The fraction of sp³-hybridized carbons (Fsp3) is 0.333. The van der Waals surface area contributed by atoms with Crippen molar-refractivity contribution in [2.24, 2.45) is 11.8 Å². The monoisotopic (exact) mass is 991 g/mol. The molecular weight excluding hydrogens is 913 g/mol. The van der Waals surface area contributed by atoms with Gasteiger partial charge in [-0.3, -0.25) is 0 Å². The molecule has 0 aliphatic heterocycles. The van der Waals surface area contributed by atoms with E-state index in [9.17, 15) is 5.11 Å². The Hall–Kier alpha value is -5.45. The number of aliphatic hydroxyl groups excluding tert-OH is 1. The van der Waals surface area contributed by atoms with Crippen LogP contribution in [-0.4, -0.2) is 46.9 Å². The lowest BCUT2D eigenvalue weighted by atomic mass is 9.73. The van der Waals surface area contributed by atoms with Crippen molar-refractivity contribution in [3.05, 3.63) is 257 Å². The summed E-state index contributed by atoms with van der Waals surface area (Å²) in [7, 11) is -4.18. The summed E-state index contributed by atoms with van der Waals surface area (Å²) in [4.78, 5) is 0. The zero-order chi connectivity index (χ0) is 50.8. The molecule has 8 rings (SSSR count). The summed E-state index contributed by atoms with van der Waals surface area (Å²) in [5.41, 5.74) is 6.99. The molecule has 0 unspecified atom stereocenters. The molecule has 7 aromatic carbocycles. The second-order valence-electron chi connectivity index (χ2n) is 22.3. The number of rotatable bonds is 21. The van der Waals surface area contributed by atoms with E-state index in [0.29, 0.717) is 19.6 Å². The predicted molar refractivity (Wildman–Crippen MR) is 305 cm³/mol. The summed E-state index contributed by atoms with van der Waals surface area (Å²) in [6.45, 7) is 19.8. The molecule has 0 spiro atoms. The maximum Gasteiger partial charge on any atom is 0.192 e. The summed E-state index contributed by atoms with van der Waals surface area (Å²) >= 11 is 0. The van der Waals surface area contributed by atoms with Gasteiger partial charge in [-0.2, -0.15) is 0 Å². The molecule has 1 aliphatic rings. The number of aliphatic hydroxyl groups is 1. The number of hydrogen-bond donors (Lipinski definition) is 1. The van der Waals surface area contributed by atoms with Gasteiger partial charge in [0.2, 0.25) is 0 Å². The van der Waals surface area contributed by atoms with Crippen LogP contribution in [0.4, 0.5) is 0 Å². The minimum absolute atomic E-state index is 0.00788. The van der Waals surface area contributed by atoms with Gasteiger partial charge in [0.25, 0.3) is 0 Å². The largest absolute Gasteiger partial charge is 0.413 e. The van der Waals surface area contributed by atoms with E-state index in [0.717, 1.165) is 69.8 Å². The van der Waals surface area contributed by atoms with Crippen molar-refractivity contribution in [1.29, 1.82) is 0 Å². The minimum atomic E-state index is -2.31. The lowest BCUT2D eigenvalue weighted by Crippen LogP contribution is -2.51. The Morgan fingerprint density at radius 3 is 1.26 bits per heavy atom. The van der Waals surface area contributed by atoms with Gasteiger partial charge in [0.05, 0.1) is 26.9 Å². The van der Waals surface area contributed by atoms with Crippen molar-refractivity contribution in [2.75, 3.05) is 13.2 Å². The van der Waals surface area contributed by atoms with E-state index in [4.69, 9.17) is 13.9 Å². The topological polar surface area (TPSA) is 47.9 Å². The average Bonchev–Trinajstić information content (AvgIpc) is 3.40. The molecule has 7 aromatic rings. The Bertz CT molecular complexity index is 2570. The van der Waals surface area contributed by atoms with Gasteiger partial charge in [0, 0.05) is 12.5 Å². The van der Waals surface area contributed by atoms with E-state index in [1.807, 2.05) is 0 Å². The van der Waals surface area contributed by atoms with Crippen molar-refractivity contribution in [3.63, 3.8) is 0 Å². The van der Waals surface area contributed by atoms with Crippen LogP contribution in [0.25, 0.3) is 0 Å². The Kier molecular flexibility index (Phi) is 17.0. The van der Waals surface area contributed by atoms with Crippen molar-refractivity contribution in [3.8, 4) is 0 Å². The van der Waals surface area contributed by atoms with Crippen LogP contribution in [0, 0.1) is 11.8 Å². The summed E-state index contributed by atoms with van der Waals surface area (Å²) in [6.07, 6.45) is 2.34. The molecule has 0 bridgehead atoms. The normalized spacial score (nSPS) is 17.4. The second kappa shape index (κ2) is 23.2. The molecule has 6 heteroatoms. The van der Waals surface area contributed by atoms with Gasteiger partial charge < -0.3 is 19.0 Å². The Labute approximate surface area is 434 Å². The zero-order valence-corrected chi connectivity index (χ0v) is 46.1. The molecule has 0 radical (unpaired) electrons. The summed E-state index contributed by atoms with van der Waals surface area (Å²) in [5.74, 6) is -0.0341. The van der Waals surface area contributed by atoms with Crippen molar-refractivity contribution in [1.82, 2.24) is 0 Å². The van der Waals surface area contributed by atoms with Crippen LogP contribution < -0.4 is 5.19 Å². The Balaban J connectivity index is 1.20. The molecule has 4 nitrogen and oxygen atoms in total. The molecule has 0 fully saturated rings. The van der Waals surface area contributed by atoms with Crippen LogP contribution in [0.1, 0.15) is 86.8 Å². The van der Waals surface area contributed by atoms with Crippen molar-refractivity contribution >= 4 is 21.6 Å². The number of hydrogen-bond acceptors (Lipinski definition) is 4. The smallest absolute Gasteiger partial charge is 0.192 e. The maximum absolute atomic E-state index is 13.4. The highest BCUT2D eigenvalue weighted by molar-refractivity contribution is 6.89. The van der Waals surface area contributed by atoms with E-state index in [2.05, 4.69) is 266 Å². The third-order valence-electron chi connectivity index (χ3n) is 16.1.